The number of aliphatic carboxylic acids is 1. The zero-order valence-corrected chi connectivity index (χ0v) is 25.1. The van der Waals surface area contributed by atoms with Crippen LogP contribution in [0, 0.1) is 23.7 Å². The van der Waals surface area contributed by atoms with E-state index in [4.69, 9.17) is 5.73 Å². The van der Waals surface area contributed by atoms with Gasteiger partial charge >= 0.3 is 5.97 Å². The van der Waals surface area contributed by atoms with Crippen molar-refractivity contribution in [2.24, 2.45) is 29.4 Å². The van der Waals surface area contributed by atoms with Crippen molar-refractivity contribution in [2.45, 2.75) is 103 Å². The van der Waals surface area contributed by atoms with Crippen molar-refractivity contribution in [3.8, 4) is 0 Å². The molecule has 0 aliphatic heterocycles. The first-order valence-electron chi connectivity index (χ1n) is 15.8. The highest BCUT2D eigenvalue weighted by molar-refractivity contribution is 5.71. The number of aliphatic hydroxyl groups is 1. The lowest BCUT2D eigenvalue weighted by Gasteiger charge is -2.34. The summed E-state index contributed by atoms with van der Waals surface area (Å²) in [6, 6.07) is 20.9. The zero-order chi connectivity index (χ0) is 29.0. The number of unbranched alkanes of at least 4 members (excludes halogenated alkanes) is 4. The number of aliphatic hydroxyl groups excluding tert-OH is 1. The first-order chi connectivity index (χ1) is 19.5. The minimum absolute atomic E-state index is 0.120. The summed E-state index contributed by atoms with van der Waals surface area (Å²) < 4.78 is 0. The van der Waals surface area contributed by atoms with Gasteiger partial charge in [-0.2, -0.15) is 0 Å². The lowest BCUT2D eigenvalue weighted by Crippen LogP contribution is -2.38. The molecule has 0 saturated heterocycles. The van der Waals surface area contributed by atoms with Crippen molar-refractivity contribution in [1.82, 2.24) is 0 Å². The fourth-order valence-corrected chi connectivity index (χ4v) is 6.16. The third kappa shape index (κ3) is 13.3. The van der Waals surface area contributed by atoms with Crippen LogP contribution in [0.2, 0.25) is 0 Å². The Morgan fingerprint density at radius 1 is 0.825 bits per heavy atom. The lowest BCUT2D eigenvalue weighted by atomic mass is 9.71. The normalized spacial score (nSPS) is 15.5. The molecule has 0 saturated carbocycles. The molecule has 40 heavy (non-hydrogen) atoms. The van der Waals surface area contributed by atoms with E-state index >= 15 is 0 Å². The molecule has 0 radical (unpaired) electrons. The maximum absolute atomic E-state index is 12.4. The SMILES string of the molecule is CCCCCC/C=C\C[C@@H](CCc1ccccc1)CC[C@H](CCN)[C@H](CCc1ccccc1)[C@H](C(=O)O)[C@H](C)O. The Morgan fingerprint density at radius 2 is 1.45 bits per heavy atom. The number of carboxylic acid groups (broad SMARTS) is 1. The summed E-state index contributed by atoms with van der Waals surface area (Å²) in [5.41, 5.74) is 8.67. The molecule has 222 valence electrons. The fourth-order valence-electron chi connectivity index (χ4n) is 6.16. The van der Waals surface area contributed by atoms with E-state index in [9.17, 15) is 15.0 Å². The van der Waals surface area contributed by atoms with E-state index in [1.54, 1.807) is 6.92 Å². The second-order valence-electron chi connectivity index (χ2n) is 11.7. The van der Waals surface area contributed by atoms with Crippen LogP contribution >= 0.6 is 0 Å². The molecule has 0 amide bonds. The van der Waals surface area contributed by atoms with E-state index in [0.29, 0.717) is 12.5 Å². The number of nitrogens with two attached hydrogens (primary N) is 1. The van der Waals surface area contributed by atoms with Gasteiger partial charge in [-0.25, -0.2) is 0 Å². The van der Waals surface area contributed by atoms with Crippen molar-refractivity contribution >= 4 is 5.97 Å². The molecule has 2 aromatic carbocycles. The summed E-state index contributed by atoms with van der Waals surface area (Å²) in [6.45, 7) is 4.41. The van der Waals surface area contributed by atoms with Crippen molar-refractivity contribution in [3.05, 3.63) is 83.9 Å². The number of aryl methyl sites for hydroxylation is 2. The monoisotopic (exact) mass is 549 g/mol. The molecule has 0 heterocycles. The summed E-state index contributed by atoms with van der Waals surface area (Å²) in [7, 11) is 0. The van der Waals surface area contributed by atoms with Gasteiger partial charge in [-0.3, -0.25) is 4.79 Å². The summed E-state index contributed by atoms with van der Waals surface area (Å²) in [5.74, 6) is -1.10. The summed E-state index contributed by atoms with van der Waals surface area (Å²) in [5, 5.41) is 20.7. The van der Waals surface area contributed by atoms with Crippen LogP contribution in [0.5, 0.6) is 0 Å². The van der Waals surface area contributed by atoms with E-state index in [1.807, 2.05) is 18.2 Å². The second kappa shape index (κ2) is 20.4. The smallest absolute Gasteiger partial charge is 0.309 e. The van der Waals surface area contributed by atoms with Crippen LogP contribution in [0.4, 0.5) is 0 Å². The molecule has 2 aromatic rings. The number of allylic oxidation sites excluding steroid dienone is 2. The molecular formula is C36H55NO3. The van der Waals surface area contributed by atoms with Crippen molar-refractivity contribution in [2.75, 3.05) is 6.54 Å². The molecule has 0 aliphatic rings. The first-order valence-corrected chi connectivity index (χ1v) is 15.8. The van der Waals surface area contributed by atoms with Crippen LogP contribution in [-0.2, 0) is 17.6 Å². The maximum atomic E-state index is 12.4. The minimum atomic E-state index is -0.901. The van der Waals surface area contributed by atoms with Gasteiger partial charge in [0.2, 0.25) is 0 Å². The predicted molar refractivity (Wildman–Crippen MR) is 168 cm³/mol. The van der Waals surface area contributed by atoms with E-state index in [-0.39, 0.29) is 11.8 Å². The predicted octanol–water partition coefficient (Wildman–Crippen LogP) is 8.23. The van der Waals surface area contributed by atoms with Gasteiger partial charge in [-0.1, -0.05) is 99.0 Å². The maximum Gasteiger partial charge on any atom is 0.309 e. The van der Waals surface area contributed by atoms with Crippen molar-refractivity contribution in [1.29, 1.82) is 0 Å². The minimum Gasteiger partial charge on any atom is -0.481 e. The quantitative estimate of drug-likeness (QED) is 0.102. The summed E-state index contributed by atoms with van der Waals surface area (Å²) in [6.07, 6.45) is 17.7. The molecule has 0 spiro atoms. The van der Waals surface area contributed by atoms with Crippen LogP contribution in [0.15, 0.2) is 72.8 Å². The average molecular weight is 550 g/mol. The Kier molecular flexibility index (Phi) is 17.3. The highest BCUT2D eigenvalue weighted by Crippen LogP contribution is 2.36. The van der Waals surface area contributed by atoms with Crippen LogP contribution in [0.1, 0.15) is 95.6 Å². The van der Waals surface area contributed by atoms with Crippen LogP contribution < -0.4 is 5.73 Å². The van der Waals surface area contributed by atoms with Gasteiger partial charge in [-0.15, -0.1) is 0 Å². The van der Waals surface area contributed by atoms with Crippen molar-refractivity contribution in [3.63, 3.8) is 0 Å². The molecule has 4 heteroatoms. The lowest BCUT2D eigenvalue weighted by molar-refractivity contribution is -0.149. The van der Waals surface area contributed by atoms with Crippen LogP contribution in [0.3, 0.4) is 0 Å². The molecule has 5 atom stereocenters. The van der Waals surface area contributed by atoms with Gasteiger partial charge in [-0.05, 0) is 107 Å². The molecule has 0 bridgehead atoms. The number of carboxylic acids is 1. The third-order valence-electron chi connectivity index (χ3n) is 8.51. The Balaban J connectivity index is 2.13. The Labute approximate surface area is 244 Å². The van der Waals surface area contributed by atoms with Crippen molar-refractivity contribution < 1.29 is 15.0 Å². The highest BCUT2D eigenvalue weighted by Gasteiger charge is 2.37. The topological polar surface area (TPSA) is 83.6 Å². The fraction of sp³-hybridized carbons (Fsp3) is 0.583. The number of hydrogen-bond donors (Lipinski definition) is 3. The number of carbonyl (C=O) groups is 1. The largest absolute Gasteiger partial charge is 0.481 e. The summed E-state index contributed by atoms with van der Waals surface area (Å²) in [4.78, 5) is 12.4. The van der Waals surface area contributed by atoms with E-state index in [0.717, 1.165) is 57.8 Å². The van der Waals surface area contributed by atoms with Gasteiger partial charge in [0.15, 0.2) is 0 Å². The first kappa shape index (κ1) is 33.8. The van der Waals surface area contributed by atoms with Gasteiger partial charge in [0.05, 0.1) is 12.0 Å². The Hall–Kier alpha value is -2.43. The summed E-state index contributed by atoms with van der Waals surface area (Å²) >= 11 is 0. The molecule has 2 rings (SSSR count). The Bertz CT molecular complexity index is 928. The Morgan fingerprint density at radius 3 is 2.00 bits per heavy atom. The average Bonchev–Trinajstić information content (AvgIpc) is 2.95. The zero-order valence-electron chi connectivity index (χ0n) is 25.1. The number of benzene rings is 2. The van der Waals surface area contributed by atoms with Crippen LogP contribution in [0.25, 0.3) is 0 Å². The van der Waals surface area contributed by atoms with Gasteiger partial charge in [0.1, 0.15) is 0 Å². The van der Waals surface area contributed by atoms with E-state index in [1.165, 1.54) is 36.8 Å². The van der Waals surface area contributed by atoms with Crippen LogP contribution in [-0.4, -0.2) is 28.8 Å². The molecule has 0 aromatic heterocycles. The molecule has 4 nitrogen and oxygen atoms in total. The molecular weight excluding hydrogens is 494 g/mol. The number of rotatable bonds is 22. The van der Waals surface area contributed by atoms with Gasteiger partial charge in [0, 0.05) is 0 Å². The molecule has 0 unspecified atom stereocenters. The van der Waals surface area contributed by atoms with Gasteiger partial charge in [0.25, 0.3) is 0 Å². The standard InChI is InChI=1S/C36H55NO3/c1-3-4-5-6-7-8-11-20-32(22-21-30-16-12-9-13-17-30)23-25-33(27-28-37)34(35(29(2)38)36(39)40)26-24-31-18-14-10-15-19-31/h8-19,29,32-35,38H,3-7,20-28,37H2,1-2H3,(H,39,40)/b11-8-/t29-,32-,33+,34-,35+/m0/s1. The second-order valence-corrected chi connectivity index (χ2v) is 11.7. The third-order valence-corrected chi connectivity index (χ3v) is 8.51. The highest BCUT2D eigenvalue weighted by atomic mass is 16.4. The number of hydrogen-bond acceptors (Lipinski definition) is 3. The molecule has 4 N–H and O–H groups in total. The van der Waals surface area contributed by atoms with E-state index < -0.39 is 18.0 Å². The van der Waals surface area contributed by atoms with Gasteiger partial charge < -0.3 is 15.9 Å². The van der Waals surface area contributed by atoms with E-state index in [2.05, 4.69) is 61.5 Å². The molecule has 0 aliphatic carbocycles. The molecule has 0 fully saturated rings.